The van der Waals surface area contributed by atoms with Gasteiger partial charge < -0.3 is 0 Å². The largest absolute Gasteiger partial charge is 0.298 e. The monoisotopic (exact) mass is 266 g/mol. The molecule has 1 aromatic carbocycles. The van der Waals surface area contributed by atoms with Crippen LogP contribution < -0.4 is 0 Å². The van der Waals surface area contributed by atoms with Gasteiger partial charge in [0.15, 0.2) is 6.29 Å². The van der Waals surface area contributed by atoms with Gasteiger partial charge in [-0.2, -0.15) is 5.10 Å². The van der Waals surface area contributed by atoms with Crippen molar-refractivity contribution >= 4 is 17.9 Å². The van der Waals surface area contributed by atoms with Crippen LogP contribution in [0.5, 0.6) is 0 Å². The van der Waals surface area contributed by atoms with Crippen molar-refractivity contribution < 1.29 is 9.18 Å². The van der Waals surface area contributed by atoms with Crippen molar-refractivity contribution in [2.24, 2.45) is 0 Å². The summed E-state index contributed by atoms with van der Waals surface area (Å²) in [5, 5.41) is 4.73. The highest BCUT2D eigenvalue weighted by Gasteiger charge is 2.12. The lowest BCUT2D eigenvalue weighted by atomic mass is 10.2. The maximum absolute atomic E-state index is 13.2. The number of carbonyl (C=O) groups is 1. The highest BCUT2D eigenvalue weighted by Crippen LogP contribution is 2.20. The average molecular weight is 267 g/mol. The Morgan fingerprint density at radius 3 is 2.78 bits per heavy atom. The molecule has 0 saturated carbocycles. The molecule has 3 nitrogen and oxygen atoms in total. The quantitative estimate of drug-likeness (QED) is 0.800. The molecule has 1 aromatic heterocycles. The first-order chi connectivity index (χ1) is 8.52. The van der Waals surface area contributed by atoms with E-state index in [-0.39, 0.29) is 5.82 Å². The molecule has 0 bridgehead atoms. The van der Waals surface area contributed by atoms with E-state index in [2.05, 4.69) is 5.10 Å². The third-order valence-electron chi connectivity index (χ3n) is 2.88. The number of nitrogens with zero attached hydrogens (tertiary/aromatic N) is 2. The number of aryl methyl sites for hydroxylation is 1. The molecule has 0 unspecified atom stereocenters. The Morgan fingerprint density at radius 1 is 1.44 bits per heavy atom. The molecule has 0 aliphatic heterocycles. The molecule has 2 rings (SSSR count). The molecule has 5 heteroatoms. The fourth-order valence-electron chi connectivity index (χ4n) is 1.86. The fraction of sp³-hybridized carbons (Fsp3) is 0.231. The van der Waals surface area contributed by atoms with Gasteiger partial charge in [-0.05, 0) is 37.6 Å². The van der Waals surface area contributed by atoms with Crippen LogP contribution in [0.4, 0.5) is 4.39 Å². The van der Waals surface area contributed by atoms with Crippen LogP contribution in [-0.2, 0) is 6.54 Å². The minimum atomic E-state index is -0.341. The minimum absolute atomic E-state index is 0.341. The number of hydrogen-bond acceptors (Lipinski definition) is 2. The molecule has 0 spiro atoms. The fourth-order valence-corrected chi connectivity index (χ4v) is 2.04. The Hall–Kier alpha value is -1.68. The Bertz CT molecular complexity index is 607. The van der Waals surface area contributed by atoms with Crippen LogP contribution in [0.25, 0.3) is 0 Å². The summed E-state index contributed by atoms with van der Waals surface area (Å²) in [6.07, 6.45) is 0.779. The second-order valence-corrected chi connectivity index (χ2v) is 4.50. The first-order valence-electron chi connectivity index (χ1n) is 5.46. The summed E-state index contributed by atoms with van der Waals surface area (Å²) in [6, 6.07) is 4.20. The summed E-state index contributed by atoms with van der Waals surface area (Å²) in [4.78, 5) is 10.9. The lowest BCUT2D eigenvalue weighted by molar-refractivity contribution is 0.112. The number of hydrogen-bond donors (Lipinski definition) is 0. The minimum Gasteiger partial charge on any atom is -0.298 e. The predicted molar refractivity (Wildman–Crippen MR) is 67.6 cm³/mol. The number of halogens is 2. The summed E-state index contributed by atoms with van der Waals surface area (Å²) in [7, 11) is 0. The van der Waals surface area contributed by atoms with Crippen LogP contribution in [0.3, 0.4) is 0 Å². The zero-order valence-electron chi connectivity index (χ0n) is 10.1. The van der Waals surface area contributed by atoms with Gasteiger partial charge in [0.2, 0.25) is 0 Å². The average Bonchev–Trinajstić information content (AvgIpc) is 2.59. The SMILES string of the molecule is Cc1nn(Cc2cc(F)ccc2Cl)c(C)c1C=O. The molecule has 0 amide bonds. The van der Waals surface area contributed by atoms with Crippen molar-refractivity contribution in [1.29, 1.82) is 0 Å². The van der Waals surface area contributed by atoms with Crippen LogP contribution >= 0.6 is 11.6 Å². The maximum Gasteiger partial charge on any atom is 0.153 e. The van der Waals surface area contributed by atoms with Crippen LogP contribution in [0.15, 0.2) is 18.2 Å². The van der Waals surface area contributed by atoms with E-state index in [1.165, 1.54) is 18.2 Å². The highest BCUT2D eigenvalue weighted by molar-refractivity contribution is 6.31. The first-order valence-corrected chi connectivity index (χ1v) is 5.84. The second kappa shape index (κ2) is 4.90. The number of benzene rings is 1. The summed E-state index contributed by atoms with van der Waals surface area (Å²) in [5.41, 5.74) is 2.63. The van der Waals surface area contributed by atoms with Crippen LogP contribution in [0, 0.1) is 19.7 Å². The van der Waals surface area contributed by atoms with Gasteiger partial charge in [-0.25, -0.2) is 4.39 Å². The molecule has 0 aliphatic carbocycles. The standard InChI is InChI=1S/C13H12ClFN2O/c1-8-12(7-18)9(2)17(16-8)6-10-5-11(15)3-4-13(10)14/h3-5,7H,6H2,1-2H3. The van der Waals surface area contributed by atoms with Gasteiger partial charge in [0.1, 0.15) is 5.82 Å². The number of aromatic nitrogens is 2. The summed E-state index contributed by atoms with van der Waals surface area (Å²) < 4.78 is 14.8. The van der Waals surface area contributed by atoms with Crippen molar-refractivity contribution in [3.05, 3.63) is 51.6 Å². The second-order valence-electron chi connectivity index (χ2n) is 4.10. The van der Waals surface area contributed by atoms with Crippen LogP contribution in [0.1, 0.15) is 27.3 Å². The van der Waals surface area contributed by atoms with Gasteiger partial charge in [0, 0.05) is 10.7 Å². The van der Waals surface area contributed by atoms with Crippen molar-refractivity contribution in [3.63, 3.8) is 0 Å². The smallest absolute Gasteiger partial charge is 0.153 e. The van der Waals surface area contributed by atoms with Crippen LogP contribution in [0.2, 0.25) is 5.02 Å². The zero-order chi connectivity index (χ0) is 13.3. The Kier molecular flexibility index (Phi) is 3.48. The highest BCUT2D eigenvalue weighted by atomic mass is 35.5. The van der Waals surface area contributed by atoms with E-state index in [1.807, 2.05) is 0 Å². The normalized spacial score (nSPS) is 10.7. The molecule has 1 heterocycles. The lowest BCUT2D eigenvalue weighted by Gasteiger charge is -2.07. The van der Waals surface area contributed by atoms with Gasteiger partial charge >= 0.3 is 0 Å². The van der Waals surface area contributed by atoms with Crippen molar-refractivity contribution in [2.45, 2.75) is 20.4 Å². The third kappa shape index (κ3) is 2.29. The molecule has 0 radical (unpaired) electrons. The summed E-state index contributed by atoms with van der Waals surface area (Å²) in [6.45, 7) is 3.91. The van der Waals surface area contributed by atoms with Gasteiger partial charge in [-0.3, -0.25) is 9.48 Å². The van der Waals surface area contributed by atoms with Crippen molar-refractivity contribution in [2.75, 3.05) is 0 Å². The number of carbonyl (C=O) groups excluding carboxylic acids is 1. The van der Waals surface area contributed by atoms with Gasteiger partial charge in [0.25, 0.3) is 0 Å². The van der Waals surface area contributed by atoms with Crippen molar-refractivity contribution in [1.82, 2.24) is 9.78 Å². The molecule has 94 valence electrons. The zero-order valence-corrected chi connectivity index (χ0v) is 10.8. The molecule has 0 N–H and O–H groups in total. The Balaban J connectivity index is 2.40. The van der Waals surface area contributed by atoms with E-state index in [1.54, 1.807) is 18.5 Å². The third-order valence-corrected chi connectivity index (χ3v) is 3.25. The Labute approximate surface area is 109 Å². The molecule has 18 heavy (non-hydrogen) atoms. The summed E-state index contributed by atoms with van der Waals surface area (Å²) in [5.74, 6) is -0.341. The van der Waals surface area contributed by atoms with E-state index in [0.29, 0.717) is 28.4 Å². The van der Waals surface area contributed by atoms with Gasteiger partial charge in [-0.15, -0.1) is 0 Å². The van der Waals surface area contributed by atoms with E-state index >= 15 is 0 Å². The van der Waals surface area contributed by atoms with Crippen molar-refractivity contribution in [3.8, 4) is 0 Å². The Morgan fingerprint density at radius 2 is 2.17 bits per heavy atom. The van der Waals surface area contributed by atoms with Crippen LogP contribution in [-0.4, -0.2) is 16.1 Å². The maximum atomic E-state index is 13.2. The molecule has 2 aromatic rings. The number of rotatable bonds is 3. The summed E-state index contributed by atoms with van der Waals surface area (Å²) >= 11 is 6.00. The van der Waals surface area contributed by atoms with E-state index in [9.17, 15) is 9.18 Å². The molecule has 0 aliphatic rings. The number of aldehydes is 1. The lowest BCUT2D eigenvalue weighted by Crippen LogP contribution is -2.05. The van der Waals surface area contributed by atoms with Gasteiger partial charge in [-0.1, -0.05) is 11.6 Å². The van der Waals surface area contributed by atoms with E-state index < -0.39 is 0 Å². The molecule has 0 atom stereocenters. The first kappa shape index (κ1) is 12.8. The van der Waals surface area contributed by atoms with E-state index in [4.69, 9.17) is 11.6 Å². The predicted octanol–water partition coefficient (Wildman–Crippen LogP) is 3.15. The molecule has 0 fully saturated rings. The molecule has 0 saturated heterocycles. The van der Waals surface area contributed by atoms with E-state index in [0.717, 1.165) is 12.0 Å². The molecular weight excluding hydrogens is 255 g/mol. The topological polar surface area (TPSA) is 34.9 Å². The van der Waals surface area contributed by atoms with Gasteiger partial charge in [0.05, 0.1) is 17.8 Å². The molecular formula is C13H12ClFN2O.